The lowest BCUT2D eigenvalue weighted by Gasteiger charge is -2.14. The lowest BCUT2D eigenvalue weighted by Crippen LogP contribution is -2.39. The summed E-state index contributed by atoms with van der Waals surface area (Å²) in [5, 5.41) is 5.90. The van der Waals surface area contributed by atoms with Crippen LogP contribution >= 0.6 is 0 Å². The fraction of sp³-hybridized carbons (Fsp3) is 0.800. The number of amides is 2. The van der Waals surface area contributed by atoms with E-state index in [0.29, 0.717) is 6.54 Å². The summed E-state index contributed by atoms with van der Waals surface area (Å²) >= 11 is 0. The molecule has 0 aliphatic carbocycles. The second-order valence-electron chi connectivity index (χ2n) is 3.48. The zero-order chi connectivity index (χ0) is 11.7. The highest BCUT2D eigenvalue weighted by Gasteiger charge is 2.07. The molecule has 0 aliphatic rings. The van der Waals surface area contributed by atoms with Crippen LogP contribution in [0.5, 0.6) is 0 Å². The summed E-state index contributed by atoms with van der Waals surface area (Å²) in [6, 6.07) is 0. The van der Waals surface area contributed by atoms with E-state index >= 15 is 0 Å². The van der Waals surface area contributed by atoms with Crippen LogP contribution in [0.4, 0.5) is 0 Å². The molecule has 88 valence electrons. The Morgan fingerprint density at radius 3 is 2.40 bits per heavy atom. The number of carbonyl (C=O) groups is 2. The molecular weight excluding hydrogens is 194 g/mol. The first-order valence-corrected chi connectivity index (χ1v) is 5.27. The molecule has 15 heavy (non-hydrogen) atoms. The van der Waals surface area contributed by atoms with Gasteiger partial charge in [-0.2, -0.15) is 0 Å². The van der Waals surface area contributed by atoms with Crippen molar-refractivity contribution in [3.05, 3.63) is 0 Å². The number of hydrogen-bond acceptors (Lipinski definition) is 3. The largest absolute Gasteiger partial charge is 0.353 e. The van der Waals surface area contributed by atoms with Crippen molar-refractivity contribution in [2.45, 2.75) is 20.3 Å². The van der Waals surface area contributed by atoms with Crippen molar-refractivity contribution >= 4 is 11.8 Å². The second-order valence-corrected chi connectivity index (χ2v) is 3.48. The van der Waals surface area contributed by atoms with Crippen LogP contribution in [0, 0.1) is 0 Å². The number of carbonyl (C=O) groups excluding carboxylic acids is 2. The summed E-state index contributed by atoms with van der Waals surface area (Å²) in [5.74, 6) is -0.222. The summed E-state index contributed by atoms with van der Waals surface area (Å²) < 4.78 is 0. The van der Waals surface area contributed by atoms with Gasteiger partial charge >= 0.3 is 0 Å². The van der Waals surface area contributed by atoms with Gasteiger partial charge in [-0.15, -0.1) is 0 Å². The third-order valence-corrected chi connectivity index (χ3v) is 1.97. The molecule has 0 saturated carbocycles. The first kappa shape index (κ1) is 13.9. The van der Waals surface area contributed by atoms with Crippen LogP contribution in [-0.2, 0) is 9.59 Å². The van der Waals surface area contributed by atoms with Gasteiger partial charge in [0.15, 0.2) is 0 Å². The number of nitrogens with one attached hydrogen (secondary N) is 2. The summed E-state index contributed by atoms with van der Waals surface area (Å²) in [6.45, 7) is 5.99. The van der Waals surface area contributed by atoms with E-state index in [0.717, 1.165) is 19.5 Å². The Labute approximate surface area is 91.2 Å². The maximum atomic E-state index is 11.3. The van der Waals surface area contributed by atoms with Crippen molar-refractivity contribution in [3.8, 4) is 0 Å². The molecule has 5 heteroatoms. The fourth-order valence-electron chi connectivity index (χ4n) is 0.975. The number of likely N-dealkylation sites (N-methyl/N-ethyl adjacent to an activating group) is 1. The molecule has 0 spiro atoms. The van der Waals surface area contributed by atoms with Gasteiger partial charge in [0.05, 0.1) is 6.54 Å². The average Bonchev–Trinajstić information content (AvgIpc) is 2.17. The van der Waals surface area contributed by atoms with Crippen molar-refractivity contribution in [2.24, 2.45) is 0 Å². The molecule has 0 unspecified atom stereocenters. The predicted molar refractivity (Wildman–Crippen MR) is 59.5 cm³/mol. The molecule has 5 nitrogen and oxygen atoms in total. The Morgan fingerprint density at radius 1 is 1.20 bits per heavy atom. The minimum atomic E-state index is -0.119. The Bertz CT molecular complexity index is 207. The van der Waals surface area contributed by atoms with E-state index in [1.165, 1.54) is 11.8 Å². The number of rotatable bonds is 7. The Kier molecular flexibility index (Phi) is 7.62. The maximum absolute atomic E-state index is 11.3. The fourth-order valence-corrected chi connectivity index (χ4v) is 0.975. The van der Waals surface area contributed by atoms with Gasteiger partial charge in [0.1, 0.15) is 0 Å². The number of hydrogen-bond donors (Lipinski definition) is 2. The van der Waals surface area contributed by atoms with Crippen molar-refractivity contribution < 1.29 is 9.59 Å². The smallest absolute Gasteiger partial charge is 0.239 e. The Balaban J connectivity index is 3.45. The topological polar surface area (TPSA) is 61.4 Å². The third kappa shape index (κ3) is 7.93. The van der Waals surface area contributed by atoms with Crippen LogP contribution in [0.2, 0.25) is 0 Å². The monoisotopic (exact) mass is 215 g/mol. The average molecular weight is 215 g/mol. The molecule has 0 aromatic rings. The van der Waals surface area contributed by atoms with Gasteiger partial charge in [-0.05, 0) is 13.0 Å². The molecule has 0 aromatic heterocycles. The molecule has 0 saturated heterocycles. The first-order valence-electron chi connectivity index (χ1n) is 5.27. The van der Waals surface area contributed by atoms with E-state index in [-0.39, 0.29) is 18.4 Å². The van der Waals surface area contributed by atoms with Crippen LogP contribution in [0.15, 0.2) is 0 Å². The van der Waals surface area contributed by atoms with Gasteiger partial charge in [-0.25, -0.2) is 0 Å². The molecule has 0 rings (SSSR count). The van der Waals surface area contributed by atoms with Crippen molar-refractivity contribution in [1.29, 1.82) is 0 Å². The van der Waals surface area contributed by atoms with E-state index in [9.17, 15) is 9.59 Å². The van der Waals surface area contributed by atoms with Gasteiger partial charge in [-0.1, -0.05) is 6.92 Å². The lowest BCUT2D eigenvalue weighted by molar-refractivity contribution is -0.133. The highest BCUT2D eigenvalue weighted by atomic mass is 16.2. The van der Waals surface area contributed by atoms with Crippen molar-refractivity contribution in [2.75, 3.05) is 33.2 Å². The Morgan fingerprint density at radius 2 is 1.87 bits per heavy atom. The van der Waals surface area contributed by atoms with E-state index in [2.05, 4.69) is 17.6 Å². The Hall–Kier alpha value is -1.10. The van der Waals surface area contributed by atoms with Crippen LogP contribution in [0.3, 0.4) is 0 Å². The molecule has 2 N–H and O–H groups in total. The van der Waals surface area contributed by atoms with Gasteiger partial charge in [0, 0.05) is 27.1 Å². The van der Waals surface area contributed by atoms with Crippen LogP contribution in [0.25, 0.3) is 0 Å². The van der Waals surface area contributed by atoms with Crippen molar-refractivity contribution in [3.63, 3.8) is 0 Å². The zero-order valence-electron chi connectivity index (χ0n) is 9.80. The second kappa shape index (κ2) is 8.23. The van der Waals surface area contributed by atoms with Gasteiger partial charge in [0.2, 0.25) is 11.8 Å². The number of nitrogens with zero attached hydrogens (tertiary/aromatic N) is 1. The maximum Gasteiger partial charge on any atom is 0.239 e. The molecule has 0 aliphatic heterocycles. The van der Waals surface area contributed by atoms with Crippen LogP contribution in [0.1, 0.15) is 20.3 Å². The zero-order valence-corrected chi connectivity index (χ0v) is 9.80. The highest BCUT2D eigenvalue weighted by molar-refractivity contribution is 5.83. The van der Waals surface area contributed by atoms with E-state index in [1.807, 2.05) is 0 Å². The molecule has 0 fully saturated rings. The molecule has 0 radical (unpaired) electrons. The van der Waals surface area contributed by atoms with Gasteiger partial charge in [0.25, 0.3) is 0 Å². The van der Waals surface area contributed by atoms with Crippen LogP contribution < -0.4 is 10.6 Å². The first-order chi connectivity index (χ1) is 7.07. The van der Waals surface area contributed by atoms with E-state index < -0.39 is 0 Å². The highest BCUT2D eigenvalue weighted by Crippen LogP contribution is 1.82. The minimum absolute atomic E-state index is 0.103. The quantitative estimate of drug-likeness (QED) is 0.567. The molecule has 0 bridgehead atoms. The van der Waals surface area contributed by atoms with Crippen LogP contribution in [-0.4, -0.2) is 49.9 Å². The molecule has 2 amide bonds. The molecular formula is C10H21N3O2. The predicted octanol–water partition coefficient (Wildman–Crippen LogP) is -0.419. The van der Waals surface area contributed by atoms with Crippen molar-refractivity contribution in [1.82, 2.24) is 15.5 Å². The lowest BCUT2D eigenvalue weighted by atomic mass is 10.4. The summed E-state index contributed by atoms with van der Waals surface area (Å²) in [7, 11) is 1.61. The standard InChI is InChI=1S/C10H21N3O2/c1-4-5-11-6-7-12-10(15)8-13(3)9(2)14/h11H,4-8H2,1-3H3,(H,12,15). The summed E-state index contributed by atoms with van der Waals surface area (Å²) in [5.41, 5.74) is 0. The molecule has 0 heterocycles. The summed E-state index contributed by atoms with van der Waals surface area (Å²) in [6.07, 6.45) is 1.08. The molecule has 0 aromatic carbocycles. The SMILES string of the molecule is CCCNCCNC(=O)CN(C)C(C)=O. The summed E-state index contributed by atoms with van der Waals surface area (Å²) in [4.78, 5) is 23.5. The van der Waals surface area contributed by atoms with E-state index in [4.69, 9.17) is 0 Å². The molecule has 0 atom stereocenters. The minimum Gasteiger partial charge on any atom is -0.353 e. The van der Waals surface area contributed by atoms with Gasteiger partial charge < -0.3 is 15.5 Å². The van der Waals surface area contributed by atoms with E-state index in [1.54, 1.807) is 7.05 Å². The normalized spacial score (nSPS) is 9.80. The van der Waals surface area contributed by atoms with Gasteiger partial charge in [-0.3, -0.25) is 9.59 Å². The third-order valence-electron chi connectivity index (χ3n) is 1.97.